The number of aromatic nitrogens is 2. The predicted octanol–water partition coefficient (Wildman–Crippen LogP) is 1.70. The lowest BCUT2D eigenvalue weighted by molar-refractivity contribution is -0.100. The average Bonchev–Trinajstić information content (AvgIpc) is 3.24. The molecule has 0 spiro atoms. The lowest BCUT2D eigenvalue weighted by atomic mass is 10.0. The summed E-state index contributed by atoms with van der Waals surface area (Å²) in [6.07, 6.45) is 8.22. The minimum absolute atomic E-state index is 0.0160. The molecular formula is C16H19N3O3. The summed E-state index contributed by atoms with van der Waals surface area (Å²) in [5.74, 6) is 0.0411. The molecule has 2 aromatic rings. The van der Waals surface area contributed by atoms with E-state index in [2.05, 4.69) is 4.98 Å². The van der Waals surface area contributed by atoms with Gasteiger partial charge in [-0.15, -0.1) is 0 Å². The van der Waals surface area contributed by atoms with Gasteiger partial charge >= 0.3 is 0 Å². The molecule has 1 atom stereocenters. The number of hydrogen-bond acceptors (Lipinski definition) is 4. The lowest BCUT2D eigenvalue weighted by Crippen LogP contribution is -2.50. The van der Waals surface area contributed by atoms with Crippen molar-refractivity contribution in [3.05, 3.63) is 36.3 Å². The van der Waals surface area contributed by atoms with Crippen LogP contribution in [0.1, 0.15) is 29.6 Å². The molecule has 2 fully saturated rings. The Morgan fingerprint density at radius 2 is 2.09 bits per heavy atom. The number of carbonyl (C=O) groups is 1. The molecule has 2 saturated heterocycles. The van der Waals surface area contributed by atoms with Gasteiger partial charge in [-0.2, -0.15) is 0 Å². The SMILES string of the molecule is O=C(c1ccc2nccn2c1)N1CCCCC1C1OCCO1. The third-order valence-electron chi connectivity index (χ3n) is 4.41. The fraction of sp³-hybridized carbons (Fsp3) is 0.500. The van der Waals surface area contributed by atoms with E-state index in [4.69, 9.17) is 9.47 Å². The van der Waals surface area contributed by atoms with Gasteiger partial charge in [-0.25, -0.2) is 4.98 Å². The second-order valence-corrected chi connectivity index (χ2v) is 5.78. The number of amides is 1. The van der Waals surface area contributed by atoms with E-state index in [1.54, 1.807) is 6.20 Å². The van der Waals surface area contributed by atoms with Crippen molar-refractivity contribution in [2.24, 2.45) is 0 Å². The number of hydrogen-bond donors (Lipinski definition) is 0. The number of carbonyl (C=O) groups excluding carboxylic acids is 1. The Bertz CT molecular complexity index is 678. The lowest BCUT2D eigenvalue weighted by Gasteiger charge is -2.38. The monoisotopic (exact) mass is 301 g/mol. The number of pyridine rings is 1. The molecule has 4 heterocycles. The van der Waals surface area contributed by atoms with Crippen molar-refractivity contribution in [1.82, 2.24) is 14.3 Å². The summed E-state index contributed by atoms with van der Waals surface area (Å²) in [7, 11) is 0. The van der Waals surface area contributed by atoms with Crippen LogP contribution < -0.4 is 0 Å². The van der Waals surface area contributed by atoms with Crippen molar-refractivity contribution >= 4 is 11.6 Å². The first-order valence-corrected chi connectivity index (χ1v) is 7.80. The maximum Gasteiger partial charge on any atom is 0.255 e. The topological polar surface area (TPSA) is 56.1 Å². The minimum Gasteiger partial charge on any atom is -0.348 e. The molecule has 6 heteroatoms. The molecule has 4 rings (SSSR count). The quantitative estimate of drug-likeness (QED) is 0.847. The first-order chi connectivity index (χ1) is 10.8. The highest BCUT2D eigenvalue weighted by atomic mass is 16.7. The summed E-state index contributed by atoms with van der Waals surface area (Å²) < 4.78 is 13.1. The molecule has 0 radical (unpaired) electrons. The zero-order chi connectivity index (χ0) is 14.9. The van der Waals surface area contributed by atoms with Crippen molar-refractivity contribution in [2.45, 2.75) is 31.6 Å². The Balaban J connectivity index is 1.61. The molecule has 1 unspecified atom stereocenters. The smallest absolute Gasteiger partial charge is 0.255 e. The van der Waals surface area contributed by atoms with Gasteiger partial charge < -0.3 is 18.8 Å². The minimum atomic E-state index is -0.277. The van der Waals surface area contributed by atoms with Gasteiger partial charge in [0, 0.05) is 25.1 Å². The Hall–Kier alpha value is -1.92. The summed E-state index contributed by atoms with van der Waals surface area (Å²) in [4.78, 5) is 19.0. The summed E-state index contributed by atoms with van der Waals surface area (Å²) in [6, 6.07) is 3.73. The Kier molecular flexibility index (Phi) is 3.56. The van der Waals surface area contributed by atoms with E-state index in [0.717, 1.165) is 31.5 Å². The van der Waals surface area contributed by atoms with Gasteiger partial charge in [0.05, 0.1) is 24.8 Å². The molecule has 0 N–H and O–H groups in total. The van der Waals surface area contributed by atoms with Crippen molar-refractivity contribution in [3.63, 3.8) is 0 Å². The first kappa shape index (κ1) is 13.7. The van der Waals surface area contributed by atoms with E-state index < -0.39 is 0 Å². The maximum atomic E-state index is 12.9. The van der Waals surface area contributed by atoms with Crippen LogP contribution in [0.15, 0.2) is 30.7 Å². The van der Waals surface area contributed by atoms with Gasteiger partial charge in [-0.05, 0) is 31.4 Å². The molecule has 22 heavy (non-hydrogen) atoms. The molecule has 0 saturated carbocycles. The molecule has 2 aliphatic heterocycles. The standard InChI is InChI=1S/C16H19N3O3/c20-15(12-4-5-14-17-6-8-18(14)11-12)19-7-2-1-3-13(19)16-21-9-10-22-16/h4-6,8,11,13,16H,1-3,7,9-10H2. The van der Waals surface area contributed by atoms with Crippen LogP contribution in [0.2, 0.25) is 0 Å². The van der Waals surface area contributed by atoms with E-state index in [-0.39, 0.29) is 18.2 Å². The van der Waals surface area contributed by atoms with Crippen LogP contribution in [0.3, 0.4) is 0 Å². The van der Waals surface area contributed by atoms with Crippen LogP contribution in [0, 0.1) is 0 Å². The van der Waals surface area contributed by atoms with Crippen molar-refractivity contribution in [3.8, 4) is 0 Å². The van der Waals surface area contributed by atoms with Gasteiger partial charge in [0.15, 0.2) is 6.29 Å². The summed E-state index contributed by atoms with van der Waals surface area (Å²) in [6.45, 7) is 1.99. The normalized spacial score (nSPS) is 23.3. The number of ether oxygens (including phenoxy) is 2. The molecule has 0 aromatic carbocycles. The number of piperidine rings is 1. The van der Waals surface area contributed by atoms with E-state index in [9.17, 15) is 4.79 Å². The fourth-order valence-electron chi connectivity index (χ4n) is 3.30. The molecule has 2 aliphatic rings. The Morgan fingerprint density at radius 3 is 2.95 bits per heavy atom. The highest BCUT2D eigenvalue weighted by molar-refractivity contribution is 5.94. The largest absolute Gasteiger partial charge is 0.348 e. The van der Waals surface area contributed by atoms with E-state index >= 15 is 0 Å². The van der Waals surface area contributed by atoms with Crippen LogP contribution >= 0.6 is 0 Å². The predicted molar refractivity (Wildman–Crippen MR) is 79.6 cm³/mol. The number of imidazole rings is 1. The zero-order valence-electron chi connectivity index (χ0n) is 12.4. The summed E-state index contributed by atoms with van der Waals surface area (Å²) in [5, 5.41) is 0. The van der Waals surface area contributed by atoms with Crippen molar-refractivity contribution in [2.75, 3.05) is 19.8 Å². The second kappa shape index (κ2) is 5.70. The molecular weight excluding hydrogens is 282 g/mol. The van der Waals surface area contributed by atoms with Crippen LogP contribution in [-0.2, 0) is 9.47 Å². The summed E-state index contributed by atoms with van der Waals surface area (Å²) in [5.41, 5.74) is 1.52. The number of rotatable bonds is 2. The van der Waals surface area contributed by atoms with Gasteiger partial charge in [-0.1, -0.05) is 0 Å². The third kappa shape index (κ3) is 2.38. The van der Waals surface area contributed by atoms with E-state index in [0.29, 0.717) is 18.8 Å². The van der Waals surface area contributed by atoms with Gasteiger partial charge in [0.1, 0.15) is 5.65 Å². The fourth-order valence-corrected chi connectivity index (χ4v) is 3.30. The molecule has 116 valence electrons. The Labute approximate surface area is 128 Å². The number of fused-ring (bicyclic) bond motifs is 1. The van der Waals surface area contributed by atoms with Gasteiger partial charge in [-0.3, -0.25) is 4.79 Å². The van der Waals surface area contributed by atoms with Gasteiger partial charge in [0.25, 0.3) is 5.91 Å². The highest BCUT2D eigenvalue weighted by Gasteiger charge is 2.36. The zero-order valence-corrected chi connectivity index (χ0v) is 12.4. The van der Waals surface area contributed by atoms with Gasteiger partial charge in [0.2, 0.25) is 0 Å². The highest BCUT2D eigenvalue weighted by Crippen LogP contribution is 2.26. The van der Waals surface area contributed by atoms with Crippen molar-refractivity contribution in [1.29, 1.82) is 0 Å². The molecule has 0 bridgehead atoms. The van der Waals surface area contributed by atoms with Crippen LogP contribution in [0.4, 0.5) is 0 Å². The molecule has 1 amide bonds. The second-order valence-electron chi connectivity index (χ2n) is 5.78. The van der Waals surface area contributed by atoms with Crippen molar-refractivity contribution < 1.29 is 14.3 Å². The van der Waals surface area contributed by atoms with E-state index in [1.165, 1.54) is 0 Å². The van der Waals surface area contributed by atoms with Crippen LogP contribution in [0.5, 0.6) is 0 Å². The maximum absolute atomic E-state index is 12.9. The average molecular weight is 301 g/mol. The third-order valence-corrected chi connectivity index (χ3v) is 4.41. The van der Waals surface area contributed by atoms with Crippen LogP contribution in [0.25, 0.3) is 5.65 Å². The molecule has 6 nitrogen and oxygen atoms in total. The number of nitrogens with zero attached hydrogens (tertiary/aromatic N) is 3. The molecule has 0 aliphatic carbocycles. The summed E-state index contributed by atoms with van der Waals surface area (Å²) >= 11 is 0. The van der Waals surface area contributed by atoms with E-state index in [1.807, 2.05) is 33.8 Å². The Morgan fingerprint density at radius 1 is 1.23 bits per heavy atom. The first-order valence-electron chi connectivity index (χ1n) is 7.80. The number of likely N-dealkylation sites (tertiary alicyclic amines) is 1. The molecule has 2 aromatic heterocycles. The van der Waals surface area contributed by atoms with Crippen LogP contribution in [-0.4, -0.2) is 52.3 Å².